The van der Waals surface area contributed by atoms with Gasteiger partial charge in [0, 0.05) is 35.3 Å². The fourth-order valence-electron chi connectivity index (χ4n) is 7.56. The zero-order valence-electron chi connectivity index (χ0n) is 41.5. The second-order valence-corrected chi connectivity index (χ2v) is 15.4. The molecule has 0 fully saturated rings. The summed E-state index contributed by atoms with van der Waals surface area (Å²) < 4.78 is 83.3. The Labute approximate surface area is 344 Å². The van der Waals surface area contributed by atoms with Crippen LogP contribution in [0.15, 0.2) is 134 Å². The molecule has 0 N–H and O–H groups in total. The fraction of sp³-hybridized carbons (Fsp3) is 0.192. The summed E-state index contributed by atoms with van der Waals surface area (Å²) in [5.74, 6) is 1.09. The van der Waals surface area contributed by atoms with Gasteiger partial charge in [-0.05, 0) is 144 Å². The molecule has 6 aromatic carbocycles. The van der Waals surface area contributed by atoms with E-state index in [-0.39, 0.29) is 27.7 Å². The third-order valence-corrected chi connectivity index (χ3v) is 10.4. The minimum Gasteiger partial charge on any atom is -0.496 e. The highest BCUT2D eigenvalue weighted by Gasteiger charge is 2.24. The maximum atomic E-state index is 8.69. The van der Waals surface area contributed by atoms with Crippen molar-refractivity contribution in [1.82, 2.24) is 14.5 Å². The van der Waals surface area contributed by atoms with Gasteiger partial charge < -0.3 is 4.74 Å². The standard InChI is InChI=1S/C52H49N3O/c1-32-18-20-37(21-19-32)39-22-23-53-47(30-39)41-27-40(28-42(29-41)52(6,7)8)44-16-13-17-48-49(44)54-51(46-25-33(2)24-35(4)50(46)56-9)55(48)43-26-34(3)36(5)45(31-43)38-14-11-10-12-15-38/h10-31H,1-9H3/i1D3,3D3,5D3. The molecule has 2 aromatic heterocycles. The average molecular weight is 741 g/mol. The van der Waals surface area contributed by atoms with Gasteiger partial charge in [-0.2, -0.15) is 0 Å². The number of hydrogen-bond donors (Lipinski definition) is 0. The molecule has 0 bridgehead atoms. The second kappa shape index (κ2) is 14.4. The van der Waals surface area contributed by atoms with Gasteiger partial charge in [-0.15, -0.1) is 0 Å². The van der Waals surface area contributed by atoms with E-state index in [0.29, 0.717) is 39.4 Å². The molecule has 56 heavy (non-hydrogen) atoms. The number of imidazole rings is 1. The van der Waals surface area contributed by atoms with Crippen molar-refractivity contribution in [3.63, 3.8) is 0 Å². The smallest absolute Gasteiger partial charge is 0.149 e. The van der Waals surface area contributed by atoms with Crippen molar-refractivity contribution < 1.29 is 17.1 Å². The molecule has 2 heterocycles. The molecule has 278 valence electrons. The molecule has 0 unspecified atom stereocenters. The van der Waals surface area contributed by atoms with Gasteiger partial charge in [-0.1, -0.05) is 105 Å². The highest BCUT2D eigenvalue weighted by molar-refractivity contribution is 5.97. The van der Waals surface area contributed by atoms with E-state index in [1.54, 1.807) is 55.8 Å². The van der Waals surface area contributed by atoms with E-state index in [1.807, 2.05) is 79.1 Å². The predicted octanol–water partition coefficient (Wildman–Crippen LogP) is 13.6. The lowest BCUT2D eigenvalue weighted by molar-refractivity contribution is 0.413. The van der Waals surface area contributed by atoms with Crippen LogP contribution in [0.5, 0.6) is 5.75 Å². The van der Waals surface area contributed by atoms with Crippen LogP contribution in [-0.2, 0) is 5.41 Å². The topological polar surface area (TPSA) is 39.9 Å². The number of para-hydroxylation sites is 1. The van der Waals surface area contributed by atoms with E-state index in [0.717, 1.165) is 50.2 Å². The number of methoxy groups -OCH3 is 1. The van der Waals surface area contributed by atoms with Gasteiger partial charge in [0.15, 0.2) is 0 Å². The first kappa shape index (κ1) is 27.3. The predicted molar refractivity (Wildman–Crippen MR) is 235 cm³/mol. The third-order valence-electron chi connectivity index (χ3n) is 10.4. The second-order valence-electron chi connectivity index (χ2n) is 15.4. The minimum atomic E-state index is -2.78. The first-order valence-corrected chi connectivity index (χ1v) is 18.7. The summed E-state index contributed by atoms with van der Waals surface area (Å²) in [5, 5.41) is 0. The lowest BCUT2D eigenvalue weighted by Gasteiger charge is -2.22. The minimum absolute atomic E-state index is 0.222. The van der Waals surface area contributed by atoms with Crippen molar-refractivity contribution >= 4 is 11.0 Å². The molecular formula is C52H49N3O. The molecule has 0 saturated carbocycles. The molecule has 0 saturated heterocycles. The van der Waals surface area contributed by atoms with Crippen LogP contribution in [0.3, 0.4) is 0 Å². The van der Waals surface area contributed by atoms with Gasteiger partial charge in [0.2, 0.25) is 0 Å². The first-order chi connectivity index (χ1) is 30.5. The maximum Gasteiger partial charge on any atom is 0.149 e. The van der Waals surface area contributed by atoms with Crippen LogP contribution in [0.4, 0.5) is 0 Å². The first-order valence-electron chi connectivity index (χ1n) is 23.2. The zero-order valence-corrected chi connectivity index (χ0v) is 32.5. The number of pyridine rings is 1. The molecule has 8 rings (SSSR count). The Morgan fingerprint density at radius 3 is 2.14 bits per heavy atom. The van der Waals surface area contributed by atoms with Crippen LogP contribution >= 0.6 is 0 Å². The van der Waals surface area contributed by atoms with Crippen LogP contribution in [0, 0.1) is 34.4 Å². The Morgan fingerprint density at radius 1 is 0.607 bits per heavy atom. The van der Waals surface area contributed by atoms with Crippen LogP contribution in [0.25, 0.3) is 72.7 Å². The fourth-order valence-corrected chi connectivity index (χ4v) is 7.56. The van der Waals surface area contributed by atoms with Crippen molar-refractivity contribution in [2.24, 2.45) is 0 Å². The Hall–Kier alpha value is -6.26. The summed E-state index contributed by atoms with van der Waals surface area (Å²) in [4.78, 5) is 10.3. The normalized spacial score (nSPS) is 14.7. The number of aromatic nitrogens is 3. The van der Waals surface area contributed by atoms with Gasteiger partial charge in [0.05, 0.1) is 29.4 Å². The number of hydrogen-bond acceptors (Lipinski definition) is 3. The van der Waals surface area contributed by atoms with Crippen LogP contribution < -0.4 is 4.74 Å². The number of rotatable bonds is 7. The lowest BCUT2D eigenvalue weighted by atomic mass is 9.83. The molecule has 0 aliphatic carbocycles. The Morgan fingerprint density at radius 2 is 1.41 bits per heavy atom. The van der Waals surface area contributed by atoms with Crippen LogP contribution in [-0.4, -0.2) is 21.6 Å². The summed E-state index contributed by atoms with van der Waals surface area (Å²) in [6.45, 7) is 2.70. The van der Waals surface area contributed by atoms with E-state index in [1.165, 1.54) is 6.07 Å². The number of benzene rings is 6. The molecule has 0 aliphatic heterocycles. The van der Waals surface area contributed by atoms with Crippen molar-refractivity contribution in [1.29, 1.82) is 0 Å². The summed E-state index contributed by atoms with van der Waals surface area (Å²) >= 11 is 0. The van der Waals surface area contributed by atoms with E-state index >= 15 is 0 Å². The number of nitrogens with zero attached hydrogens (tertiary/aromatic N) is 3. The highest BCUT2D eigenvalue weighted by atomic mass is 16.5. The van der Waals surface area contributed by atoms with Crippen LogP contribution in [0.1, 0.15) is 66.5 Å². The monoisotopic (exact) mass is 740 g/mol. The lowest BCUT2D eigenvalue weighted by Crippen LogP contribution is -2.11. The Balaban J connectivity index is 1.42. The van der Waals surface area contributed by atoms with Crippen molar-refractivity contribution in [2.75, 3.05) is 7.11 Å². The van der Waals surface area contributed by atoms with Gasteiger partial charge in [0.25, 0.3) is 0 Å². The van der Waals surface area contributed by atoms with E-state index in [9.17, 15) is 0 Å². The summed E-state index contributed by atoms with van der Waals surface area (Å²) in [6, 6.07) is 39.4. The molecule has 0 radical (unpaired) electrons. The van der Waals surface area contributed by atoms with Gasteiger partial charge in [-0.3, -0.25) is 9.55 Å². The van der Waals surface area contributed by atoms with Crippen molar-refractivity contribution in [2.45, 2.75) is 60.6 Å². The van der Waals surface area contributed by atoms with E-state index in [4.69, 9.17) is 27.0 Å². The molecule has 0 aliphatic rings. The van der Waals surface area contributed by atoms with E-state index in [2.05, 4.69) is 39.0 Å². The third kappa shape index (κ3) is 6.81. The molecule has 0 atom stereocenters. The maximum absolute atomic E-state index is 8.69. The van der Waals surface area contributed by atoms with Crippen LogP contribution in [0.2, 0.25) is 0 Å². The summed E-state index contributed by atoms with van der Waals surface area (Å²) in [6.07, 6.45) is 1.76. The molecule has 4 heteroatoms. The number of aryl methyl sites for hydroxylation is 4. The zero-order chi connectivity index (χ0) is 46.8. The molecular weight excluding hydrogens is 683 g/mol. The van der Waals surface area contributed by atoms with Crippen molar-refractivity contribution in [3.05, 3.63) is 167 Å². The van der Waals surface area contributed by atoms with Crippen molar-refractivity contribution in [3.8, 4) is 67.5 Å². The summed E-state index contributed by atoms with van der Waals surface area (Å²) in [7, 11) is 1.61. The SMILES string of the molecule is [2H]C([2H])([2H])c1ccc(-c2ccnc(-c3cc(-c4cccc5c4nc(-c4cc(C)cc(C)c4OC)n5-c4cc(-c5ccccc5)c(C([2H])([2H])[2H])c(C([2H])([2H])[2H])c4)cc(C(C)(C)C)c3)c2)cc1. The summed E-state index contributed by atoms with van der Waals surface area (Å²) in [5.41, 5.74) is 10.7. The molecule has 8 aromatic rings. The Kier molecular flexibility index (Phi) is 7.05. The Bertz CT molecular complexity index is 3090. The number of fused-ring (bicyclic) bond motifs is 1. The van der Waals surface area contributed by atoms with Gasteiger partial charge in [0.1, 0.15) is 11.6 Å². The molecule has 4 nitrogen and oxygen atoms in total. The quantitative estimate of drug-likeness (QED) is 0.163. The molecule has 0 amide bonds. The van der Waals surface area contributed by atoms with Gasteiger partial charge in [-0.25, -0.2) is 4.98 Å². The van der Waals surface area contributed by atoms with E-state index < -0.39 is 20.6 Å². The largest absolute Gasteiger partial charge is 0.496 e. The average Bonchev–Trinajstić information content (AvgIpc) is 3.65. The highest BCUT2D eigenvalue weighted by Crippen LogP contribution is 2.42. The molecule has 0 spiro atoms. The van der Waals surface area contributed by atoms with Gasteiger partial charge >= 0.3 is 0 Å². The number of ether oxygens (including phenoxy) is 1.